The lowest BCUT2D eigenvalue weighted by Gasteiger charge is -1.96. The van der Waals surface area contributed by atoms with E-state index in [1.807, 2.05) is 23.8 Å². The summed E-state index contributed by atoms with van der Waals surface area (Å²) in [4.78, 5) is 5.36. The molecule has 0 amide bonds. The number of aromatic nitrogens is 2. The highest BCUT2D eigenvalue weighted by Crippen LogP contribution is 2.23. The minimum atomic E-state index is 0.778. The monoisotopic (exact) mass is 189 g/mol. The zero-order valence-electron chi connectivity index (χ0n) is 6.77. The maximum Gasteiger partial charge on any atom is 0.140 e. The predicted octanol–water partition coefficient (Wildman–Crippen LogP) is 2.13. The Morgan fingerprint density at radius 1 is 1.31 bits per heavy atom. The molecule has 0 bridgehead atoms. The Morgan fingerprint density at radius 2 is 2.23 bits per heavy atom. The summed E-state index contributed by atoms with van der Waals surface area (Å²) in [5, 5.41) is 2.04. The van der Waals surface area contributed by atoms with E-state index in [1.165, 1.54) is 0 Å². The van der Waals surface area contributed by atoms with Gasteiger partial charge < -0.3 is 10.1 Å². The van der Waals surface area contributed by atoms with Crippen LogP contribution in [0.4, 0.5) is 5.69 Å². The second-order valence-electron chi connectivity index (χ2n) is 2.90. The van der Waals surface area contributed by atoms with Gasteiger partial charge in [0.2, 0.25) is 0 Å². The molecule has 0 saturated carbocycles. The van der Waals surface area contributed by atoms with Gasteiger partial charge in [0.15, 0.2) is 0 Å². The van der Waals surface area contributed by atoms with Crippen LogP contribution in [-0.4, -0.2) is 9.38 Å². The van der Waals surface area contributed by atoms with Crippen molar-refractivity contribution in [1.29, 1.82) is 0 Å². The third-order valence-electron chi connectivity index (χ3n) is 2.15. The quantitative estimate of drug-likeness (QED) is 0.588. The molecule has 64 valence electrons. The summed E-state index contributed by atoms with van der Waals surface area (Å²) in [5.41, 5.74) is 8.66. The van der Waals surface area contributed by atoms with Gasteiger partial charge in [-0.15, -0.1) is 11.3 Å². The minimum Gasteiger partial charge on any atom is -0.397 e. The molecule has 3 heterocycles. The summed E-state index contributed by atoms with van der Waals surface area (Å²) in [7, 11) is 0. The van der Waals surface area contributed by atoms with Gasteiger partial charge in [-0.25, -0.2) is 4.98 Å². The lowest BCUT2D eigenvalue weighted by Crippen LogP contribution is -1.87. The molecule has 0 spiro atoms. The third-order valence-corrected chi connectivity index (χ3v) is 2.96. The fourth-order valence-corrected chi connectivity index (χ4v) is 2.23. The van der Waals surface area contributed by atoms with Crippen molar-refractivity contribution >= 4 is 32.9 Å². The lowest BCUT2D eigenvalue weighted by molar-refractivity contribution is 1.24. The highest BCUT2D eigenvalue weighted by atomic mass is 32.1. The average molecular weight is 189 g/mol. The third kappa shape index (κ3) is 0.805. The first kappa shape index (κ1) is 6.91. The van der Waals surface area contributed by atoms with Crippen molar-refractivity contribution in [2.24, 2.45) is 0 Å². The minimum absolute atomic E-state index is 0.778. The predicted molar refractivity (Wildman–Crippen MR) is 55.0 cm³/mol. The Hall–Kier alpha value is -1.55. The van der Waals surface area contributed by atoms with Gasteiger partial charge in [0.05, 0.1) is 22.9 Å². The Labute approximate surface area is 78.4 Å². The molecular weight excluding hydrogens is 182 g/mol. The second-order valence-corrected chi connectivity index (χ2v) is 3.79. The van der Waals surface area contributed by atoms with Crippen LogP contribution in [0.5, 0.6) is 0 Å². The maximum absolute atomic E-state index is 5.78. The SMILES string of the molecule is Nc1ccn2c1cnc1sccc12. The van der Waals surface area contributed by atoms with E-state index in [0.29, 0.717) is 0 Å². The highest BCUT2D eigenvalue weighted by Gasteiger charge is 2.03. The van der Waals surface area contributed by atoms with Gasteiger partial charge in [-0.2, -0.15) is 0 Å². The number of anilines is 1. The fraction of sp³-hybridized carbons (Fsp3) is 0. The standard InChI is InChI=1S/C9H7N3S/c10-6-1-3-12-7-2-4-13-9(7)11-5-8(6)12/h1-5H,10H2. The Balaban J connectivity index is 2.66. The summed E-state index contributed by atoms with van der Waals surface area (Å²) in [5.74, 6) is 0. The van der Waals surface area contributed by atoms with Gasteiger partial charge in [-0.05, 0) is 17.5 Å². The Kier molecular flexibility index (Phi) is 1.19. The van der Waals surface area contributed by atoms with Crippen molar-refractivity contribution in [2.45, 2.75) is 0 Å². The summed E-state index contributed by atoms with van der Waals surface area (Å²) in [6.45, 7) is 0. The zero-order valence-corrected chi connectivity index (χ0v) is 7.58. The van der Waals surface area contributed by atoms with E-state index in [1.54, 1.807) is 11.3 Å². The molecule has 3 rings (SSSR count). The molecule has 0 fully saturated rings. The van der Waals surface area contributed by atoms with Crippen LogP contribution < -0.4 is 5.73 Å². The average Bonchev–Trinajstić information content (AvgIpc) is 2.70. The van der Waals surface area contributed by atoms with E-state index in [9.17, 15) is 0 Å². The summed E-state index contributed by atoms with van der Waals surface area (Å²) < 4.78 is 2.06. The van der Waals surface area contributed by atoms with Crippen molar-refractivity contribution in [2.75, 3.05) is 5.73 Å². The lowest BCUT2D eigenvalue weighted by atomic mass is 10.4. The van der Waals surface area contributed by atoms with Crippen LogP contribution in [0.1, 0.15) is 0 Å². The van der Waals surface area contributed by atoms with Crippen molar-refractivity contribution in [3.05, 3.63) is 29.9 Å². The van der Waals surface area contributed by atoms with Gasteiger partial charge in [0.25, 0.3) is 0 Å². The van der Waals surface area contributed by atoms with Crippen molar-refractivity contribution in [3.8, 4) is 0 Å². The first-order valence-corrected chi connectivity index (χ1v) is 4.83. The summed E-state index contributed by atoms with van der Waals surface area (Å²) in [6.07, 6.45) is 3.79. The van der Waals surface area contributed by atoms with Gasteiger partial charge in [-0.3, -0.25) is 0 Å². The first-order chi connectivity index (χ1) is 6.36. The molecule has 3 nitrogen and oxygen atoms in total. The number of nitrogen functional groups attached to an aromatic ring is 1. The Bertz CT molecular complexity index is 579. The van der Waals surface area contributed by atoms with Gasteiger partial charge in [0, 0.05) is 6.20 Å². The number of rotatable bonds is 0. The Morgan fingerprint density at radius 3 is 3.15 bits per heavy atom. The van der Waals surface area contributed by atoms with Crippen LogP contribution in [0.25, 0.3) is 15.9 Å². The van der Waals surface area contributed by atoms with E-state index < -0.39 is 0 Å². The summed E-state index contributed by atoms with van der Waals surface area (Å²) >= 11 is 1.64. The molecular formula is C9H7N3S. The molecule has 0 saturated heterocycles. The molecule has 0 unspecified atom stereocenters. The molecule has 13 heavy (non-hydrogen) atoms. The number of hydrogen-bond acceptors (Lipinski definition) is 3. The van der Waals surface area contributed by atoms with Crippen molar-refractivity contribution < 1.29 is 0 Å². The van der Waals surface area contributed by atoms with Crippen LogP contribution in [0, 0.1) is 0 Å². The number of nitrogens with two attached hydrogens (primary N) is 1. The van der Waals surface area contributed by atoms with Gasteiger partial charge >= 0.3 is 0 Å². The molecule has 0 atom stereocenters. The topological polar surface area (TPSA) is 43.3 Å². The first-order valence-electron chi connectivity index (χ1n) is 3.95. The largest absolute Gasteiger partial charge is 0.397 e. The van der Waals surface area contributed by atoms with E-state index in [2.05, 4.69) is 15.5 Å². The highest BCUT2D eigenvalue weighted by molar-refractivity contribution is 7.16. The molecule has 0 aliphatic heterocycles. The number of nitrogens with zero attached hydrogens (tertiary/aromatic N) is 2. The van der Waals surface area contributed by atoms with E-state index in [4.69, 9.17) is 5.73 Å². The molecule has 3 aromatic heterocycles. The maximum atomic E-state index is 5.78. The fourth-order valence-electron chi connectivity index (χ4n) is 1.50. The van der Waals surface area contributed by atoms with Crippen LogP contribution in [-0.2, 0) is 0 Å². The summed E-state index contributed by atoms with van der Waals surface area (Å²) in [6, 6.07) is 3.95. The number of hydrogen-bond donors (Lipinski definition) is 1. The molecule has 3 aromatic rings. The molecule has 0 aliphatic rings. The van der Waals surface area contributed by atoms with Crippen molar-refractivity contribution in [3.63, 3.8) is 0 Å². The number of fused-ring (bicyclic) bond motifs is 3. The van der Waals surface area contributed by atoms with Crippen LogP contribution >= 0.6 is 11.3 Å². The number of thiophene rings is 1. The molecule has 0 aromatic carbocycles. The van der Waals surface area contributed by atoms with Crippen LogP contribution in [0.3, 0.4) is 0 Å². The molecule has 2 N–H and O–H groups in total. The van der Waals surface area contributed by atoms with Gasteiger partial charge in [0.1, 0.15) is 4.83 Å². The smallest absolute Gasteiger partial charge is 0.140 e. The second kappa shape index (κ2) is 2.23. The normalized spacial score (nSPS) is 11.4. The van der Waals surface area contributed by atoms with Gasteiger partial charge in [-0.1, -0.05) is 0 Å². The van der Waals surface area contributed by atoms with Crippen LogP contribution in [0.2, 0.25) is 0 Å². The molecule has 0 aliphatic carbocycles. The van der Waals surface area contributed by atoms with Crippen molar-refractivity contribution in [1.82, 2.24) is 9.38 Å². The molecule has 4 heteroatoms. The van der Waals surface area contributed by atoms with Crippen LogP contribution in [0.15, 0.2) is 29.9 Å². The van der Waals surface area contributed by atoms with E-state index >= 15 is 0 Å². The van der Waals surface area contributed by atoms with E-state index in [0.717, 1.165) is 21.6 Å². The van der Waals surface area contributed by atoms with E-state index in [-0.39, 0.29) is 0 Å². The molecule has 0 radical (unpaired) electrons. The zero-order chi connectivity index (χ0) is 8.84.